The number of hydrogen-bond donors (Lipinski definition) is 1. The van der Waals surface area contributed by atoms with Gasteiger partial charge in [0.15, 0.2) is 37.7 Å². The Morgan fingerprint density at radius 2 is 0.622 bits per heavy atom. The maximum Gasteiger partial charge on any atom is 0.224 e. The highest BCUT2D eigenvalue weighted by Crippen LogP contribution is 2.45. The van der Waals surface area contributed by atoms with Crippen LogP contribution in [0.15, 0.2) is 0 Å². The van der Waals surface area contributed by atoms with Crippen LogP contribution in [0.5, 0.6) is 0 Å². The van der Waals surface area contributed by atoms with Crippen LogP contribution in [0.3, 0.4) is 0 Å². The smallest absolute Gasteiger partial charge is 0.224 e. The van der Waals surface area contributed by atoms with Gasteiger partial charge in [0.05, 0.1) is 33.0 Å². The summed E-state index contributed by atoms with van der Waals surface area (Å²) in [5.74, 6) is -1.84. The lowest BCUT2D eigenvalue weighted by atomic mass is 9.92. The van der Waals surface area contributed by atoms with Gasteiger partial charge in [0.2, 0.25) is 5.79 Å². The lowest BCUT2D eigenvalue weighted by Gasteiger charge is -2.57. The number of aliphatic hydroxyl groups excluding tert-OH is 1. The van der Waals surface area contributed by atoms with E-state index in [1.165, 1.54) is 114 Å². The SMILES string of the molecule is COCC1OC2OC3C(CO)OC(OC4C(COC)OC(OC5C(OC)C(OC)C6OC7C(COC5(COC)O6)OC(OC5C(COC)OC(OC1C(OC)C2OC)C(OC)C5OC)C(OC)C7OC)C(OC)C4OC)C(OC)C3OC. The lowest BCUT2D eigenvalue weighted by Crippen LogP contribution is -2.74. The van der Waals surface area contributed by atoms with Crippen molar-refractivity contribution in [3.05, 3.63) is 0 Å². The first-order valence-corrected chi connectivity index (χ1v) is 27.3. The molecule has 0 spiro atoms. The maximum atomic E-state index is 11.2. The van der Waals surface area contributed by atoms with E-state index < -0.39 is 191 Å². The Kier molecular flexibility index (Phi) is 25.1. The summed E-state index contributed by atoms with van der Waals surface area (Å²) in [5, 5.41) is 11.2. The maximum absolute atomic E-state index is 11.2. The highest BCUT2D eigenvalue weighted by atomic mass is 16.9. The molecule has 0 aromatic carbocycles. The molecule has 0 saturated carbocycles. The van der Waals surface area contributed by atoms with Gasteiger partial charge in [-0.2, -0.15) is 0 Å². The van der Waals surface area contributed by atoms with Crippen molar-refractivity contribution in [2.75, 3.05) is 153 Å². The van der Waals surface area contributed by atoms with Crippen LogP contribution in [-0.2, 0) is 137 Å². The third kappa shape index (κ3) is 13.1. The number of hydrogen-bond acceptors (Lipinski definition) is 30. The van der Waals surface area contributed by atoms with Gasteiger partial charge in [-0.05, 0) is 0 Å². The highest BCUT2D eigenvalue weighted by Gasteiger charge is 2.65. The Morgan fingerprint density at radius 1 is 0.317 bits per heavy atom. The largest absolute Gasteiger partial charge is 0.394 e. The number of ether oxygens (including phenoxy) is 29. The third-order valence-corrected chi connectivity index (χ3v) is 16.6. The molecule has 0 aliphatic carbocycles. The fourth-order valence-corrected chi connectivity index (χ4v) is 12.8. The van der Waals surface area contributed by atoms with Gasteiger partial charge in [0, 0.05) is 114 Å². The minimum atomic E-state index is -1.84. The number of rotatable bonds is 21. The molecule has 12 bridgehead atoms. The Balaban J connectivity index is 1.26. The van der Waals surface area contributed by atoms with E-state index in [-0.39, 0.29) is 33.0 Å². The van der Waals surface area contributed by atoms with Crippen molar-refractivity contribution in [3.63, 3.8) is 0 Å². The second kappa shape index (κ2) is 30.8. The summed E-state index contributed by atoms with van der Waals surface area (Å²) in [7, 11) is 23.9. The molecular formula is C52H90O30. The molecule has 1 N–H and O–H groups in total. The van der Waals surface area contributed by atoms with Gasteiger partial charge in [-0.1, -0.05) is 0 Å². The first-order chi connectivity index (χ1) is 39.9. The molecule has 0 amide bonds. The van der Waals surface area contributed by atoms with Crippen LogP contribution >= 0.6 is 0 Å². The monoisotopic (exact) mass is 1190 g/mol. The summed E-state index contributed by atoms with van der Waals surface area (Å²) < 4.78 is 187. The summed E-state index contributed by atoms with van der Waals surface area (Å²) >= 11 is 0. The Labute approximate surface area is 478 Å². The third-order valence-electron chi connectivity index (χ3n) is 16.6. The summed E-state index contributed by atoms with van der Waals surface area (Å²) in [4.78, 5) is 0. The highest BCUT2D eigenvalue weighted by molar-refractivity contribution is 5.05. The normalized spacial score (nSPS) is 48.3. The van der Waals surface area contributed by atoms with Gasteiger partial charge < -0.3 is 142 Å². The van der Waals surface area contributed by atoms with Gasteiger partial charge >= 0.3 is 0 Å². The van der Waals surface area contributed by atoms with Crippen molar-refractivity contribution in [1.29, 1.82) is 0 Å². The zero-order valence-corrected chi connectivity index (χ0v) is 49.8. The quantitative estimate of drug-likeness (QED) is 0.127. The van der Waals surface area contributed by atoms with Crippen molar-refractivity contribution >= 4 is 0 Å². The molecule has 30 heteroatoms. The summed E-state index contributed by atoms with van der Waals surface area (Å²) in [6.45, 7) is -1.18. The van der Waals surface area contributed by atoms with Crippen LogP contribution in [0.1, 0.15) is 0 Å². The van der Waals surface area contributed by atoms with Crippen molar-refractivity contribution in [3.8, 4) is 0 Å². The van der Waals surface area contributed by atoms with E-state index in [0.717, 1.165) is 0 Å². The Morgan fingerprint density at radius 3 is 0.963 bits per heavy atom. The number of methoxy groups -OCH3 is 16. The van der Waals surface area contributed by atoms with Gasteiger partial charge in [-0.25, -0.2) is 0 Å². The fourth-order valence-electron chi connectivity index (χ4n) is 12.8. The van der Waals surface area contributed by atoms with Crippen LogP contribution in [0.2, 0.25) is 0 Å². The zero-order chi connectivity index (χ0) is 59.0. The Hall–Kier alpha value is -1.20. The van der Waals surface area contributed by atoms with Crippen LogP contribution in [-0.4, -0.2) is 342 Å². The average Bonchev–Trinajstić information content (AvgIpc) is 2.02. The number of aliphatic hydroxyl groups is 1. The minimum Gasteiger partial charge on any atom is -0.394 e. The molecule has 0 radical (unpaired) electrons. The molecule has 82 heavy (non-hydrogen) atoms. The van der Waals surface area contributed by atoms with Crippen LogP contribution in [0.4, 0.5) is 0 Å². The number of fused-ring (bicyclic) bond motifs is 1. The first kappa shape index (κ1) is 66.7. The molecule has 0 aromatic rings. The minimum absolute atomic E-state index is 0.0275. The molecule has 16 fully saturated rings. The molecule has 478 valence electrons. The summed E-state index contributed by atoms with van der Waals surface area (Å²) in [6.07, 6.45) is -30.6. The fraction of sp³-hybridized carbons (Fsp3) is 1.00. The standard InChI is InChI=1S/C52H90O30/c1-54-18-24-29-34(59-6)40(65-12)47(72-24)76-28-23(17-53)71-46(39(64-11)33(28)58-5)77-31-26(20-56-3)74-50(43(68-15)36(31)61-8)81-45-38(63-10)44(69-16)51-80-32-27(21-70-52(45,82-51)22-57-4)75-49(42(67-14)37(32)62-9)79-30-25(19-55-2)73-48(78-29)41(66-13)35(30)60-7/h23-51,53H,17-22H2,1-16H3. The first-order valence-electron chi connectivity index (χ1n) is 27.3. The van der Waals surface area contributed by atoms with E-state index >= 15 is 0 Å². The van der Waals surface area contributed by atoms with E-state index in [4.69, 9.17) is 137 Å². The molecule has 0 aromatic heterocycles. The van der Waals surface area contributed by atoms with E-state index in [1.807, 2.05) is 0 Å². The zero-order valence-electron chi connectivity index (χ0n) is 49.8. The molecule has 16 aliphatic rings. The molecular weight excluding hydrogens is 1100 g/mol. The molecule has 30 unspecified atom stereocenters. The van der Waals surface area contributed by atoms with Crippen LogP contribution in [0, 0.1) is 0 Å². The van der Waals surface area contributed by atoms with Gasteiger partial charge in [-0.3, -0.25) is 0 Å². The summed E-state index contributed by atoms with van der Waals surface area (Å²) in [5.41, 5.74) is 0. The van der Waals surface area contributed by atoms with Crippen molar-refractivity contribution < 1.29 is 142 Å². The summed E-state index contributed by atoms with van der Waals surface area (Å²) in [6, 6.07) is 0. The van der Waals surface area contributed by atoms with E-state index in [9.17, 15) is 5.11 Å². The van der Waals surface area contributed by atoms with Crippen molar-refractivity contribution in [2.45, 2.75) is 184 Å². The molecule has 16 saturated heterocycles. The topological polar surface area (TPSA) is 288 Å². The van der Waals surface area contributed by atoms with Crippen molar-refractivity contribution in [2.24, 2.45) is 0 Å². The molecule has 16 rings (SSSR count). The second-order valence-electron chi connectivity index (χ2n) is 20.8. The van der Waals surface area contributed by atoms with Gasteiger partial charge in [0.25, 0.3) is 0 Å². The van der Waals surface area contributed by atoms with E-state index in [1.54, 1.807) is 0 Å². The van der Waals surface area contributed by atoms with E-state index in [2.05, 4.69) is 0 Å². The van der Waals surface area contributed by atoms with Crippen molar-refractivity contribution in [1.82, 2.24) is 0 Å². The van der Waals surface area contributed by atoms with Gasteiger partial charge in [0.1, 0.15) is 147 Å². The average molecular weight is 1200 g/mol. The van der Waals surface area contributed by atoms with Crippen LogP contribution < -0.4 is 0 Å². The van der Waals surface area contributed by atoms with E-state index in [0.29, 0.717) is 0 Å². The lowest BCUT2D eigenvalue weighted by molar-refractivity contribution is -0.469. The predicted molar refractivity (Wildman–Crippen MR) is 270 cm³/mol. The molecule has 16 heterocycles. The van der Waals surface area contributed by atoms with Gasteiger partial charge in [-0.15, -0.1) is 0 Å². The van der Waals surface area contributed by atoms with Crippen LogP contribution in [0.25, 0.3) is 0 Å². The Bertz CT molecular complexity index is 1870. The molecule has 30 nitrogen and oxygen atoms in total. The predicted octanol–water partition coefficient (Wildman–Crippen LogP) is -2.22. The second-order valence-corrected chi connectivity index (χ2v) is 20.8. The molecule has 30 atom stereocenters. The molecule has 16 aliphatic heterocycles.